The Bertz CT molecular complexity index is 1090. The van der Waals surface area contributed by atoms with Gasteiger partial charge in [0.1, 0.15) is 17.3 Å². The fourth-order valence-electron chi connectivity index (χ4n) is 4.01. The molecule has 1 amide bonds. The number of fused-ring (bicyclic) bond motifs is 1. The lowest BCUT2D eigenvalue weighted by Crippen LogP contribution is -2.48. The number of nitrogens with zero attached hydrogens (tertiary/aromatic N) is 2. The molecule has 2 heterocycles. The van der Waals surface area contributed by atoms with Crippen LogP contribution in [0.5, 0.6) is 11.5 Å². The summed E-state index contributed by atoms with van der Waals surface area (Å²) in [6.45, 7) is 6.43. The molecule has 7 nitrogen and oxygen atoms in total. The van der Waals surface area contributed by atoms with Crippen molar-refractivity contribution in [3.05, 3.63) is 64.2 Å². The van der Waals surface area contributed by atoms with E-state index >= 15 is 0 Å². The van der Waals surface area contributed by atoms with Crippen LogP contribution in [0.25, 0.3) is 6.08 Å². The number of hydrogen-bond acceptors (Lipinski definition) is 6. The minimum Gasteiger partial charge on any atom is -0.507 e. The van der Waals surface area contributed by atoms with Crippen LogP contribution >= 0.6 is 0 Å². The Morgan fingerprint density at radius 1 is 1.25 bits per heavy atom. The molecule has 4 rings (SSSR count). The van der Waals surface area contributed by atoms with Gasteiger partial charge in [0.15, 0.2) is 5.76 Å². The molecule has 0 radical (unpaired) electrons. The summed E-state index contributed by atoms with van der Waals surface area (Å²) in [6.07, 6.45) is 1.18. The number of ether oxygens (including phenoxy) is 2. The average molecular weight is 440 g/mol. The number of halogens is 1. The zero-order valence-corrected chi connectivity index (χ0v) is 18.1. The number of benzene rings is 2. The lowest BCUT2D eigenvalue weighted by molar-refractivity contribution is 0.0774. The molecule has 0 saturated carbocycles. The number of Topliss-reactive ketones (excluding diaryl/α,β-unsaturated/α-hetero) is 1. The number of ketones is 1. The fraction of sp³-hybridized carbons (Fsp3) is 0.333. The molecule has 0 unspecified atom stereocenters. The molecular weight excluding hydrogens is 415 g/mol. The van der Waals surface area contributed by atoms with E-state index in [9.17, 15) is 19.1 Å². The van der Waals surface area contributed by atoms with Crippen molar-refractivity contribution in [2.45, 2.75) is 20.4 Å². The number of carbonyl (C=O) groups is 2. The van der Waals surface area contributed by atoms with E-state index in [0.717, 1.165) is 0 Å². The van der Waals surface area contributed by atoms with Gasteiger partial charge in [0.05, 0.1) is 17.7 Å². The molecule has 168 valence electrons. The van der Waals surface area contributed by atoms with Gasteiger partial charge in [-0.2, -0.15) is 0 Å². The van der Waals surface area contributed by atoms with Gasteiger partial charge in [-0.3, -0.25) is 9.69 Å². The Balaban J connectivity index is 1.56. The van der Waals surface area contributed by atoms with Crippen LogP contribution in [-0.2, 0) is 11.3 Å². The molecule has 2 aliphatic rings. The van der Waals surface area contributed by atoms with E-state index in [4.69, 9.17) is 9.47 Å². The maximum absolute atomic E-state index is 13.5. The minimum atomic E-state index is -0.404. The van der Waals surface area contributed by atoms with Crippen molar-refractivity contribution in [3.63, 3.8) is 0 Å². The van der Waals surface area contributed by atoms with E-state index in [1.807, 2.05) is 0 Å². The Hall–Kier alpha value is -3.39. The van der Waals surface area contributed by atoms with E-state index < -0.39 is 5.82 Å². The molecule has 0 bridgehead atoms. The van der Waals surface area contributed by atoms with Crippen molar-refractivity contribution in [2.24, 2.45) is 0 Å². The number of allylic oxidation sites excluding steroid dienone is 1. The van der Waals surface area contributed by atoms with Crippen molar-refractivity contribution >= 4 is 18.0 Å². The molecular formula is C24H25FN2O5. The van der Waals surface area contributed by atoms with Gasteiger partial charge in [-0.1, -0.05) is 12.1 Å². The Labute approximate surface area is 185 Å². The molecule has 0 aromatic heterocycles. The molecule has 2 aromatic rings. The largest absolute Gasteiger partial charge is 0.507 e. The number of hydrogen-bond donors (Lipinski definition) is 1. The number of rotatable bonds is 4. The first-order valence-corrected chi connectivity index (χ1v) is 10.6. The molecule has 0 atom stereocenters. The minimum absolute atomic E-state index is 0.0499. The van der Waals surface area contributed by atoms with Gasteiger partial charge in [-0.15, -0.1) is 0 Å². The first-order chi connectivity index (χ1) is 15.4. The molecule has 1 fully saturated rings. The summed E-state index contributed by atoms with van der Waals surface area (Å²) in [5.74, 6) is -0.224. The Morgan fingerprint density at radius 3 is 2.69 bits per heavy atom. The van der Waals surface area contributed by atoms with Crippen LogP contribution in [-0.4, -0.2) is 59.6 Å². The van der Waals surface area contributed by atoms with Gasteiger partial charge in [-0.05, 0) is 49.2 Å². The maximum atomic E-state index is 13.5. The van der Waals surface area contributed by atoms with E-state index in [1.54, 1.807) is 36.9 Å². The zero-order valence-electron chi connectivity index (χ0n) is 18.1. The monoisotopic (exact) mass is 440 g/mol. The van der Waals surface area contributed by atoms with Crippen molar-refractivity contribution in [2.75, 3.05) is 32.8 Å². The number of aryl methyl sites for hydroxylation is 1. The normalized spacial score (nSPS) is 17.4. The van der Waals surface area contributed by atoms with E-state index in [1.165, 1.54) is 18.2 Å². The van der Waals surface area contributed by atoms with E-state index in [-0.39, 0.29) is 23.4 Å². The molecule has 0 spiro atoms. The number of carbonyl (C=O) groups excluding carboxylic acids is 2. The second-order valence-corrected chi connectivity index (χ2v) is 7.85. The zero-order chi connectivity index (χ0) is 22.8. The predicted molar refractivity (Wildman–Crippen MR) is 116 cm³/mol. The highest BCUT2D eigenvalue weighted by atomic mass is 19.1. The summed E-state index contributed by atoms with van der Waals surface area (Å²) >= 11 is 0. The van der Waals surface area contributed by atoms with E-state index in [0.29, 0.717) is 67.3 Å². The molecule has 8 heteroatoms. The van der Waals surface area contributed by atoms with Gasteiger partial charge < -0.3 is 19.5 Å². The summed E-state index contributed by atoms with van der Waals surface area (Å²) in [5.41, 5.74) is 2.05. The van der Waals surface area contributed by atoms with Gasteiger partial charge in [0.2, 0.25) is 5.78 Å². The second-order valence-electron chi connectivity index (χ2n) is 7.85. The van der Waals surface area contributed by atoms with Gasteiger partial charge in [-0.25, -0.2) is 9.18 Å². The third-order valence-electron chi connectivity index (χ3n) is 5.65. The van der Waals surface area contributed by atoms with Crippen LogP contribution in [0, 0.1) is 12.7 Å². The highest BCUT2D eigenvalue weighted by molar-refractivity contribution is 6.15. The summed E-state index contributed by atoms with van der Waals surface area (Å²) in [5, 5.41) is 10.6. The fourth-order valence-corrected chi connectivity index (χ4v) is 4.01. The number of piperazine rings is 1. The van der Waals surface area contributed by atoms with Crippen molar-refractivity contribution in [3.8, 4) is 11.5 Å². The molecule has 1 N–H and O–H groups in total. The number of amides is 1. The number of phenolic OH excluding ortho intramolecular Hbond substituents is 1. The quantitative estimate of drug-likeness (QED) is 0.730. The molecule has 2 aliphatic heterocycles. The van der Waals surface area contributed by atoms with Crippen LogP contribution in [0.3, 0.4) is 0 Å². The van der Waals surface area contributed by atoms with Crippen molar-refractivity contribution in [1.29, 1.82) is 0 Å². The summed E-state index contributed by atoms with van der Waals surface area (Å²) in [7, 11) is 0. The highest BCUT2D eigenvalue weighted by Crippen LogP contribution is 2.42. The summed E-state index contributed by atoms with van der Waals surface area (Å²) in [6, 6.07) is 7.46. The Kier molecular flexibility index (Phi) is 6.14. The molecule has 0 aliphatic carbocycles. The standard InChI is InChI=1S/C24H25FN2O5/c1-3-31-24(30)27-9-7-26(8-10-27)14-18-19(28)11-15(2)21-22(29)20(32-23(18)21)13-16-5-4-6-17(25)12-16/h4-6,11-13,28H,3,7-10,14H2,1-2H3/b20-13-. The SMILES string of the molecule is CCOC(=O)N1CCN(Cc2c(O)cc(C)c3c2O/C(=C\c2cccc(F)c2)C3=O)CC1. The average Bonchev–Trinajstić information content (AvgIpc) is 3.08. The van der Waals surface area contributed by atoms with Crippen molar-refractivity contribution in [1.82, 2.24) is 9.80 Å². The number of aromatic hydroxyl groups is 1. The topological polar surface area (TPSA) is 79.3 Å². The first kappa shape index (κ1) is 21.8. The Morgan fingerprint density at radius 2 is 2.00 bits per heavy atom. The summed E-state index contributed by atoms with van der Waals surface area (Å²) < 4.78 is 24.5. The molecule has 32 heavy (non-hydrogen) atoms. The lowest BCUT2D eigenvalue weighted by atomic mass is 9.99. The third-order valence-corrected chi connectivity index (χ3v) is 5.65. The predicted octanol–water partition coefficient (Wildman–Crippen LogP) is 3.73. The molecule has 1 saturated heterocycles. The van der Waals surface area contributed by atoms with Gasteiger partial charge >= 0.3 is 6.09 Å². The van der Waals surface area contributed by atoms with Crippen LogP contribution in [0.4, 0.5) is 9.18 Å². The van der Waals surface area contributed by atoms with E-state index in [2.05, 4.69) is 4.90 Å². The van der Waals surface area contributed by atoms with Crippen LogP contribution in [0.15, 0.2) is 36.1 Å². The highest BCUT2D eigenvalue weighted by Gasteiger charge is 2.34. The van der Waals surface area contributed by atoms with Crippen LogP contribution in [0.2, 0.25) is 0 Å². The second kappa shape index (κ2) is 9.00. The van der Waals surface area contributed by atoms with Crippen LogP contribution < -0.4 is 4.74 Å². The maximum Gasteiger partial charge on any atom is 0.409 e. The van der Waals surface area contributed by atoms with Crippen LogP contribution in [0.1, 0.15) is 34.0 Å². The lowest BCUT2D eigenvalue weighted by Gasteiger charge is -2.34. The van der Waals surface area contributed by atoms with Gasteiger partial charge in [0.25, 0.3) is 0 Å². The molecule has 2 aromatic carbocycles. The van der Waals surface area contributed by atoms with Gasteiger partial charge in [0, 0.05) is 32.7 Å². The number of phenols is 1. The summed E-state index contributed by atoms with van der Waals surface area (Å²) in [4.78, 5) is 28.6. The smallest absolute Gasteiger partial charge is 0.409 e. The van der Waals surface area contributed by atoms with Crippen molar-refractivity contribution < 1.29 is 28.6 Å². The third kappa shape index (κ3) is 4.31. The first-order valence-electron chi connectivity index (χ1n) is 10.6.